The van der Waals surface area contributed by atoms with Crippen LogP contribution in [0.2, 0.25) is 0 Å². The normalized spacial score (nSPS) is 17.6. The van der Waals surface area contributed by atoms with Gasteiger partial charge in [-0.05, 0) is 49.8 Å². The predicted molar refractivity (Wildman–Crippen MR) is 107 cm³/mol. The van der Waals surface area contributed by atoms with Crippen molar-refractivity contribution in [1.82, 2.24) is 10.6 Å². The lowest BCUT2D eigenvalue weighted by atomic mass is 9.97. The molecule has 3 rings (SSSR count). The molecule has 134 valence electrons. The first kappa shape index (κ1) is 17.6. The fourth-order valence-electron chi connectivity index (χ4n) is 3.43. The summed E-state index contributed by atoms with van der Waals surface area (Å²) < 4.78 is 0. The second kappa shape index (κ2) is 9.30. The third kappa shape index (κ3) is 5.38. The van der Waals surface area contributed by atoms with Crippen molar-refractivity contribution in [3.8, 4) is 0 Å². The standard InChI is InChI=1S/C21H30N4/c1-22-21(23-13-12-18-8-3-2-4-9-18)24-17-19-10-7-11-20(16-19)25-14-5-6-15-25/h5-8,10-11,16H,2-4,9,12-15,17H2,1H3,(H2,22,23,24). The molecule has 4 heteroatoms. The molecule has 0 saturated carbocycles. The molecule has 1 aliphatic heterocycles. The maximum absolute atomic E-state index is 4.34. The van der Waals surface area contributed by atoms with E-state index in [4.69, 9.17) is 0 Å². The summed E-state index contributed by atoms with van der Waals surface area (Å²) in [5.41, 5.74) is 4.17. The molecule has 0 bridgehead atoms. The fraction of sp³-hybridized carbons (Fsp3) is 0.476. The Morgan fingerprint density at radius 2 is 2.04 bits per heavy atom. The third-order valence-electron chi connectivity index (χ3n) is 4.90. The van der Waals surface area contributed by atoms with E-state index in [2.05, 4.69) is 63.0 Å². The van der Waals surface area contributed by atoms with E-state index in [0.717, 1.165) is 38.6 Å². The SMILES string of the molecule is CN=C(NCCC1=CCCCC1)NCc1cccc(N2CC=CC2)c1. The summed E-state index contributed by atoms with van der Waals surface area (Å²) in [5, 5.41) is 6.86. The van der Waals surface area contributed by atoms with Gasteiger partial charge in [0.1, 0.15) is 0 Å². The second-order valence-corrected chi connectivity index (χ2v) is 6.76. The largest absolute Gasteiger partial charge is 0.364 e. The monoisotopic (exact) mass is 338 g/mol. The number of hydrogen-bond donors (Lipinski definition) is 2. The van der Waals surface area contributed by atoms with E-state index in [1.807, 2.05) is 7.05 Å². The van der Waals surface area contributed by atoms with Crippen LogP contribution in [0.5, 0.6) is 0 Å². The zero-order valence-electron chi connectivity index (χ0n) is 15.3. The van der Waals surface area contributed by atoms with Crippen LogP contribution in [0.15, 0.2) is 53.1 Å². The molecule has 0 atom stereocenters. The Bertz CT molecular complexity index is 637. The van der Waals surface area contributed by atoms with Crippen LogP contribution in [-0.4, -0.2) is 32.6 Å². The lowest BCUT2D eigenvalue weighted by molar-refractivity contribution is 0.665. The van der Waals surface area contributed by atoms with E-state index < -0.39 is 0 Å². The van der Waals surface area contributed by atoms with Crippen molar-refractivity contribution in [2.24, 2.45) is 4.99 Å². The van der Waals surface area contributed by atoms with Crippen LogP contribution >= 0.6 is 0 Å². The van der Waals surface area contributed by atoms with Gasteiger partial charge in [-0.3, -0.25) is 4.99 Å². The number of anilines is 1. The van der Waals surface area contributed by atoms with Crippen LogP contribution in [0.25, 0.3) is 0 Å². The molecule has 25 heavy (non-hydrogen) atoms. The second-order valence-electron chi connectivity index (χ2n) is 6.76. The number of aliphatic imine (C=N–C) groups is 1. The number of hydrogen-bond acceptors (Lipinski definition) is 2. The Balaban J connectivity index is 1.44. The number of nitrogens with zero attached hydrogens (tertiary/aromatic N) is 2. The highest BCUT2D eigenvalue weighted by Gasteiger charge is 2.08. The number of rotatable bonds is 6. The van der Waals surface area contributed by atoms with Gasteiger partial charge < -0.3 is 15.5 Å². The lowest BCUT2D eigenvalue weighted by Crippen LogP contribution is -2.37. The highest BCUT2D eigenvalue weighted by molar-refractivity contribution is 5.79. The molecule has 0 saturated heterocycles. The minimum absolute atomic E-state index is 0.789. The summed E-state index contributed by atoms with van der Waals surface area (Å²) in [6.07, 6.45) is 13.2. The molecule has 1 aromatic rings. The van der Waals surface area contributed by atoms with Gasteiger partial charge in [-0.25, -0.2) is 0 Å². The maximum atomic E-state index is 4.34. The Labute approximate surface area is 151 Å². The van der Waals surface area contributed by atoms with E-state index in [0.29, 0.717) is 0 Å². The van der Waals surface area contributed by atoms with Gasteiger partial charge in [0.05, 0.1) is 0 Å². The molecule has 1 heterocycles. The summed E-state index contributed by atoms with van der Waals surface area (Å²) in [6.45, 7) is 3.76. The average molecular weight is 338 g/mol. The highest BCUT2D eigenvalue weighted by Crippen LogP contribution is 2.19. The van der Waals surface area contributed by atoms with E-state index in [9.17, 15) is 0 Å². The molecule has 1 aromatic carbocycles. The topological polar surface area (TPSA) is 39.7 Å². The summed E-state index contributed by atoms with van der Waals surface area (Å²) >= 11 is 0. The molecule has 0 spiro atoms. The van der Waals surface area contributed by atoms with E-state index in [-0.39, 0.29) is 0 Å². The van der Waals surface area contributed by atoms with E-state index >= 15 is 0 Å². The van der Waals surface area contributed by atoms with Crippen LogP contribution in [0.1, 0.15) is 37.7 Å². The fourth-order valence-corrected chi connectivity index (χ4v) is 3.43. The molecule has 0 amide bonds. The smallest absolute Gasteiger partial charge is 0.191 e. The van der Waals surface area contributed by atoms with Crippen molar-refractivity contribution >= 4 is 11.6 Å². The van der Waals surface area contributed by atoms with Crippen molar-refractivity contribution in [1.29, 1.82) is 0 Å². The van der Waals surface area contributed by atoms with Crippen molar-refractivity contribution in [2.45, 2.75) is 38.6 Å². The number of guanidine groups is 1. The van der Waals surface area contributed by atoms with Gasteiger partial charge in [-0.1, -0.05) is 35.9 Å². The van der Waals surface area contributed by atoms with Gasteiger partial charge in [0.15, 0.2) is 5.96 Å². The summed E-state index contributed by atoms with van der Waals surface area (Å²) in [5.74, 6) is 0.879. The molecule has 2 aliphatic rings. The molecule has 0 fully saturated rings. The van der Waals surface area contributed by atoms with Gasteiger partial charge in [0, 0.05) is 38.9 Å². The minimum atomic E-state index is 0.789. The van der Waals surface area contributed by atoms with Crippen LogP contribution in [0, 0.1) is 0 Å². The van der Waals surface area contributed by atoms with Crippen molar-refractivity contribution in [3.05, 3.63) is 53.6 Å². The number of benzene rings is 1. The molecule has 2 N–H and O–H groups in total. The first-order chi connectivity index (χ1) is 12.3. The molecule has 0 aromatic heterocycles. The average Bonchev–Trinajstić information content (AvgIpc) is 3.20. The molecular formula is C21H30N4. The highest BCUT2D eigenvalue weighted by atomic mass is 15.2. The maximum Gasteiger partial charge on any atom is 0.191 e. The van der Waals surface area contributed by atoms with Gasteiger partial charge in [0.25, 0.3) is 0 Å². The van der Waals surface area contributed by atoms with E-state index in [1.165, 1.54) is 36.9 Å². The molecular weight excluding hydrogens is 308 g/mol. The third-order valence-corrected chi connectivity index (χ3v) is 4.90. The quantitative estimate of drug-likeness (QED) is 0.473. The van der Waals surface area contributed by atoms with Crippen LogP contribution < -0.4 is 15.5 Å². The molecule has 4 nitrogen and oxygen atoms in total. The molecule has 0 radical (unpaired) electrons. The van der Waals surface area contributed by atoms with Crippen LogP contribution in [0.4, 0.5) is 5.69 Å². The van der Waals surface area contributed by atoms with Crippen molar-refractivity contribution < 1.29 is 0 Å². The summed E-state index contributed by atoms with van der Waals surface area (Å²) in [7, 11) is 1.83. The number of allylic oxidation sites excluding steroid dienone is 1. The van der Waals surface area contributed by atoms with Gasteiger partial charge in [0.2, 0.25) is 0 Å². The van der Waals surface area contributed by atoms with Crippen LogP contribution in [-0.2, 0) is 6.54 Å². The van der Waals surface area contributed by atoms with Crippen LogP contribution in [0.3, 0.4) is 0 Å². The number of nitrogens with one attached hydrogen (secondary N) is 2. The minimum Gasteiger partial charge on any atom is -0.364 e. The predicted octanol–water partition coefficient (Wildman–Crippen LogP) is 3.62. The Kier molecular flexibility index (Phi) is 6.55. The molecule has 0 unspecified atom stereocenters. The van der Waals surface area contributed by atoms with Crippen molar-refractivity contribution in [2.75, 3.05) is 31.6 Å². The first-order valence-corrected chi connectivity index (χ1v) is 9.46. The Morgan fingerprint density at radius 3 is 2.80 bits per heavy atom. The zero-order valence-corrected chi connectivity index (χ0v) is 15.3. The Hall–Kier alpha value is -2.23. The van der Waals surface area contributed by atoms with E-state index in [1.54, 1.807) is 5.57 Å². The van der Waals surface area contributed by atoms with Gasteiger partial charge in [-0.15, -0.1) is 0 Å². The first-order valence-electron chi connectivity index (χ1n) is 9.46. The van der Waals surface area contributed by atoms with Crippen molar-refractivity contribution in [3.63, 3.8) is 0 Å². The molecule has 1 aliphatic carbocycles. The van der Waals surface area contributed by atoms with Gasteiger partial charge in [-0.2, -0.15) is 0 Å². The summed E-state index contributed by atoms with van der Waals surface area (Å²) in [4.78, 5) is 6.71. The zero-order chi connectivity index (χ0) is 17.3. The Morgan fingerprint density at radius 1 is 1.16 bits per heavy atom. The summed E-state index contributed by atoms with van der Waals surface area (Å²) in [6, 6.07) is 8.75. The lowest BCUT2D eigenvalue weighted by Gasteiger charge is -2.19. The van der Waals surface area contributed by atoms with Gasteiger partial charge >= 0.3 is 0 Å².